The number of hydrogen-bond acceptors (Lipinski definition) is 7. The summed E-state index contributed by atoms with van der Waals surface area (Å²) in [5, 5.41) is 21.6. The topological polar surface area (TPSA) is 93.9 Å². The number of nitrogens with zero attached hydrogens (tertiary/aromatic N) is 5. The van der Waals surface area contributed by atoms with Gasteiger partial charge in [0.1, 0.15) is 11.5 Å². The molecule has 2 aromatic carbocycles. The van der Waals surface area contributed by atoms with Crippen molar-refractivity contribution in [2.75, 3.05) is 0 Å². The van der Waals surface area contributed by atoms with Gasteiger partial charge in [-0.25, -0.2) is 9.97 Å². The normalized spacial score (nSPS) is 10.5. The van der Waals surface area contributed by atoms with E-state index >= 15 is 0 Å². The Kier molecular flexibility index (Phi) is 4.17. The van der Waals surface area contributed by atoms with Gasteiger partial charge in [0, 0.05) is 17.8 Å². The van der Waals surface area contributed by atoms with Crippen LogP contribution in [-0.4, -0.2) is 30.5 Å². The van der Waals surface area contributed by atoms with E-state index in [0.29, 0.717) is 34.4 Å². The summed E-state index contributed by atoms with van der Waals surface area (Å²) < 4.78 is 5.73. The van der Waals surface area contributed by atoms with Gasteiger partial charge in [-0.1, -0.05) is 30.3 Å². The number of pyridine rings is 1. The first-order chi connectivity index (χ1) is 12.8. The quantitative estimate of drug-likeness (QED) is 0.606. The van der Waals surface area contributed by atoms with Crippen LogP contribution in [0.5, 0.6) is 17.4 Å². The number of aromatic nitrogens is 5. The van der Waals surface area contributed by atoms with Crippen molar-refractivity contribution in [1.82, 2.24) is 25.4 Å². The lowest BCUT2D eigenvalue weighted by Gasteiger charge is -2.07. The minimum atomic E-state index is 0.0821. The Balaban J connectivity index is 1.67. The summed E-state index contributed by atoms with van der Waals surface area (Å²) in [5.74, 6) is 1.85. The zero-order valence-electron chi connectivity index (χ0n) is 13.5. The Labute approximate surface area is 149 Å². The Morgan fingerprint density at radius 3 is 2.50 bits per heavy atom. The minimum absolute atomic E-state index is 0.0821. The Hall–Kier alpha value is -3.87. The van der Waals surface area contributed by atoms with Crippen LogP contribution >= 0.6 is 0 Å². The van der Waals surface area contributed by atoms with Gasteiger partial charge < -0.3 is 9.84 Å². The molecule has 126 valence electrons. The van der Waals surface area contributed by atoms with E-state index in [9.17, 15) is 5.11 Å². The van der Waals surface area contributed by atoms with Crippen LogP contribution in [-0.2, 0) is 0 Å². The monoisotopic (exact) mass is 343 g/mol. The summed E-state index contributed by atoms with van der Waals surface area (Å²) in [6, 6.07) is 19.5. The first-order valence-electron chi connectivity index (χ1n) is 7.85. The summed E-state index contributed by atoms with van der Waals surface area (Å²) in [6.45, 7) is 0. The highest BCUT2D eigenvalue weighted by atomic mass is 16.5. The molecule has 0 spiro atoms. The van der Waals surface area contributed by atoms with E-state index in [1.54, 1.807) is 42.6 Å². The molecule has 0 radical (unpaired) electrons. The molecule has 26 heavy (non-hydrogen) atoms. The molecule has 0 amide bonds. The van der Waals surface area contributed by atoms with Crippen molar-refractivity contribution in [1.29, 1.82) is 0 Å². The largest absolute Gasteiger partial charge is 0.507 e. The molecule has 0 unspecified atom stereocenters. The molecular weight excluding hydrogens is 330 g/mol. The van der Waals surface area contributed by atoms with Gasteiger partial charge in [0.25, 0.3) is 0 Å². The summed E-state index contributed by atoms with van der Waals surface area (Å²) in [4.78, 5) is 8.54. The lowest BCUT2D eigenvalue weighted by atomic mass is 10.2. The van der Waals surface area contributed by atoms with Crippen LogP contribution in [0.2, 0.25) is 0 Å². The molecule has 2 heterocycles. The number of phenols is 1. The summed E-state index contributed by atoms with van der Waals surface area (Å²) in [6.07, 6.45) is 1.66. The number of ether oxygens (including phenoxy) is 1. The van der Waals surface area contributed by atoms with E-state index in [1.165, 1.54) is 0 Å². The maximum Gasteiger partial charge on any atom is 0.219 e. The summed E-state index contributed by atoms with van der Waals surface area (Å²) in [5.41, 5.74) is 1.20. The lowest BCUT2D eigenvalue weighted by Crippen LogP contribution is -1.99. The molecule has 0 saturated heterocycles. The van der Waals surface area contributed by atoms with Crippen molar-refractivity contribution >= 4 is 0 Å². The van der Waals surface area contributed by atoms with Gasteiger partial charge in [0.15, 0.2) is 11.6 Å². The molecule has 0 aliphatic rings. The fourth-order valence-electron chi connectivity index (χ4n) is 2.38. The molecular formula is C19H13N5O2. The molecule has 1 N–H and O–H groups in total. The van der Waals surface area contributed by atoms with Gasteiger partial charge in [-0.05, 0) is 35.5 Å². The molecule has 0 atom stereocenters. The smallest absolute Gasteiger partial charge is 0.219 e. The zero-order chi connectivity index (χ0) is 17.8. The molecule has 0 bridgehead atoms. The highest BCUT2D eigenvalue weighted by Crippen LogP contribution is 2.28. The van der Waals surface area contributed by atoms with Crippen LogP contribution in [0, 0.1) is 0 Å². The number of phenolic OH excluding ortho intramolecular Hbond substituents is 1. The standard InChI is InChI=1S/C19H13N5O2/c25-16-9-2-1-8-15(16)19-21-18(22-24-23-19)13-6-5-7-14(12-13)26-17-10-3-4-11-20-17/h1-12,25H. The number of rotatable bonds is 4. The van der Waals surface area contributed by atoms with Gasteiger partial charge in [0.05, 0.1) is 5.56 Å². The van der Waals surface area contributed by atoms with E-state index in [0.717, 1.165) is 0 Å². The number of aromatic hydroxyl groups is 1. The third-order valence-corrected chi connectivity index (χ3v) is 3.59. The Morgan fingerprint density at radius 1 is 0.808 bits per heavy atom. The van der Waals surface area contributed by atoms with Gasteiger partial charge in [-0.2, -0.15) is 0 Å². The average molecular weight is 343 g/mol. The predicted molar refractivity (Wildman–Crippen MR) is 94.5 cm³/mol. The number of para-hydroxylation sites is 1. The SMILES string of the molecule is Oc1ccccc1-c1nnnc(-c2cccc(Oc3ccccn3)c2)n1. The zero-order valence-corrected chi connectivity index (χ0v) is 13.5. The minimum Gasteiger partial charge on any atom is -0.507 e. The molecule has 2 aromatic heterocycles. The highest BCUT2D eigenvalue weighted by molar-refractivity contribution is 5.65. The van der Waals surface area contributed by atoms with Crippen molar-refractivity contribution in [3.63, 3.8) is 0 Å². The predicted octanol–water partition coefficient (Wildman–Crippen LogP) is 3.49. The molecule has 4 rings (SSSR count). The first kappa shape index (κ1) is 15.6. The van der Waals surface area contributed by atoms with E-state index < -0.39 is 0 Å². The fourth-order valence-corrected chi connectivity index (χ4v) is 2.38. The third kappa shape index (κ3) is 3.32. The van der Waals surface area contributed by atoms with Gasteiger partial charge >= 0.3 is 0 Å². The molecule has 0 aliphatic carbocycles. The van der Waals surface area contributed by atoms with Crippen LogP contribution in [0.4, 0.5) is 0 Å². The van der Waals surface area contributed by atoms with E-state index in [-0.39, 0.29) is 5.75 Å². The Bertz CT molecular complexity index is 1040. The second kappa shape index (κ2) is 6.94. The fraction of sp³-hybridized carbons (Fsp3) is 0. The highest BCUT2D eigenvalue weighted by Gasteiger charge is 2.11. The second-order valence-corrected chi connectivity index (χ2v) is 5.36. The molecule has 7 nitrogen and oxygen atoms in total. The molecule has 0 fully saturated rings. The van der Waals surface area contributed by atoms with Crippen molar-refractivity contribution in [3.05, 3.63) is 72.9 Å². The van der Waals surface area contributed by atoms with Crippen molar-refractivity contribution < 1.29 is 9.84 Å². The van der Waals surface area contributed by atoms with Crippen molar-refractivity contribution in [2.45, 2.75) is 0 Å². The van der Waals surface area contributed by atoms with E-state index in [2.05, 4.69) is 25.4 Å². The van der Waals surface area contributed by atoms with E-state index in [1.807, 2.05) is 30.3 Å². The van der Waals surface area contributed by atoms with Crippen molar-refractivity contribution in [2.24, 2.45) is 0 Å². The summed E-state index contributed by atoms with van der Waals surface area (Å²) >= 11 is 0. The lowest BCUT2D eigenvalue weighted by molar-refractivity contribution is 0.463. The van der Waals surface area contributed by atoms with Crippen LogP contribution < -0.4 is 4.74 Å². The van der Waals surface area contributed by atoms with E-state index in [4.69, 9.17) is 4.74 Å². The second-order valence-electron chi connectivity index (χ2n) is 5.36. The van der Waals surface area contributed by atoms with Gasteiger partial charge in [-0.15, -0.1) is 10.2 Å². The van der Waals surface area contributed by atoms with Crippen LogP contribution in [0.3, 0.4) is 0 Å². The van der Waals surface area contributed by atoms with Crippen LogP contribution in [0.15, 0.2) is 72.9 Å². The molecule has 7 heteroatoms. The van der Waals surface area contributed by atoms with Gasteiger partial charge in [-0.3, -0.25) is 0 Å². The molecule has 0 saturated carbocycles. The van der Waals surface area contributed by atoms with Crippen molar-refractivity contribution in [3.8, 4) is 40.2 Å². The van der Waals surface area contributed by atoms with Crippen LogP contribution in [0.25, 0.3) is 22.8 Å². The number of benzene rings is 2. The maximum atomic E-state index is 9.98. The maximum absolute atomic E-state index is 9.98. The molecule has 0 aliphatic heterocycles. The van der Waals surface area contributed by atoms with Gasteiger partial charge in [0.2, 0.25) is 5.88 Å². The Morgan fingerprint density at radius 2 is 1.65 bits per heavy atom. The average Bonchev–Trinajstić information content (AvgIpc) is 2.69. The molecule has 4 aromatic rings. The number of hydrogen-bond donors (Lipinski definition) is 1. The first-order valence-corrected chi connectivity index (χ1v) is 7.85. The van der Waals surface area contributed by atoms with Crippen LogP contribution in [0.1, 0.15) is 0 Å². The third-order valence-electron chi connectivity index (χ3n) is 3.59. The summed E-state index contributed by atoms with van der Waals surface area (Å²) in [7, 11) is 0.